The largest absolute Gasteiger partial charge is 0.325 e. The van der Waals surface area contributed by atoms with E-state index in [0.717, 1.165) is 12.1 Å². The molecule has 0 aromatic heterocycles. The fourth-order valence-corrected chi connectivity index (χ4v) is 3.78. The lowest BCUT2D eigenvalue weighted by molar-refractivity contribution is -0.119. The van der Waals surface area contributed by atoms with Gasteiger partial charge in [0, 0.05) is 29.4 Å². The highest BCUT2D eigenvalue weighted by molar-refractivity contribution is 6.02. The molecule has 0 radical (unpaired) electrons. The van der Waals surface area contributed by atoms with Crippen molar-refractivity contribution < 1.29 is 14.0 Å². The van der Waals surface area contributed by atoms with Gasteiger partial charge in [0.1, 0.15) is 5.82 Å². The van der Waals surface area contributed by atoms with E-state index in [4.69, 9.17) is 0 Å². The number of hydrogen-bond donors (Lipinski definition) is 1. The van der Waals surface area contributed by atoms with Crippen LogP contribution in [0.25, 0.3) is 0 Å². The highest BCUT2D eigenvalue weighted by Gasteiger charge is 2.52. The summed E-state index contributed by atoms with van der Waals surface area (Å²) < 4.78 is 14.1. The van der Waals surface area contributed by atoms with Gasteiger partial charge in [-0.2, -0.15) is 0 Å². The van der Waals surface area contributed by atoms with E-state index in [9.17, 15) is 14.0 Å². The first-order chi connectivity index (χ1) is 12.5. The van der Waals surface area contributed by atoms with Crippen molar-refractivity contribution in [3.63, 3.8) is 0 Å². The molecule has 1 unspecified atom stereocenters. The smallest absolute Gasteiger partial charge is 0.235 e. The Hall–Kier alpha value is -2.69. The van der Waals surface area contributed by atoms with E-state index < -0.39 is 5.41 Å². The van der Waals surface area contributed by atoms with Gasteiger partial charge in [-0.1, -0.05) is 18.2 Å². The van der Waals surface area contributed by atoms with E-state index in [0.29, 0.717) is 30.5 Å². The van der Waals surface area contributed by atoms with E-state index in [1.54, 1.807) is 35.2 Å². The molecule has 26 heavy (non-hydrogen) atoms. The van der Waals surface area contributed by atoms with Crippen molar-refractivity contribution in [3.8, 4) is 0 Å². The van der Waals surface area contributed by atoms with Crippen LogP contribution < -0.4 is 10.2 Å². The first kappa shape index (κ1) is 16.8. The number of hydrogen-bond acceptors (Lipinski definition) is 2. The van der Waals surface area contributed by atoms with Crippen molar-refractivity contribution in [2.45, 2.75) is 44.1 Å². The highest BCUT2D eigenvalue weighted by Crippen LogP contribution is 2.49. The first-order valence-electron chi connectivity index (χ1n) is 9.00. The van der Waals surface area contributed by atoms with Crippen molar-refractivity contribution in [2.75, 3.05) is 10.2 Å². The molecule has 134 valence electrons. The van der Waals surface area contributed by atoms with Gasteiger partial charge in [-0.05, 0) is 56.5 Å². The van der Waals surface area contributed by atoms with Gasteiger partial charge in [-0.3, -0.25) is 9.59 Å². The van der Waals surface area contributed by atoms with Crippen LogP contribution in [0.5, 0.6) is 0 Å². The number of rotatable bonds is 4. The standard InChI is InChI=1S/C21H21FN2O2/c1-14-6-11-19(25)24(14)16-9-7-15(8-10-16)23-20(26)21(12-13-21)17-4-2-3-5-18(17)22/h2-5,7-10,14H,6,11-13H2,1H3,(H,23,26). The predicted molar refractivity (Wildman–Crippen MR) is 98.6 cm³/mol. The molecule has 1 heterocycles. The minimum atomic E-state index is -0.760. The summed E-state index contributed by atoms with van der Waals surface area (Å²) in [5.74, 6) is -0.385. The van der Waals surface area contributed by atoms with Crippen LogP contribution in [0.15, 0.2) is 48.5 Å². The zero-order valence-corrected chi connectivity index (χ0v) is 14.7. The van der Waals surface area contributed by atoms with Gasteiger partial charge in [0.05, 0.1) is 5.41 Å². The number of carbonyl (C=O) groups is 2. The lowest BCUT2D eigenvalue weighted by atomic mass is 9.94. The minimum absolute atomic E-state index is 0.130. The van der Waals surface area contributed by atoms with Crippen LogP contribution in [0.1, 0.15) is 38.2 Å². The number of halogens is 1. The van der Waals surface area contributed by atoms with Crippen LogP contribution in [0.2, 0.25) is 0 Å². The second-order valence-corrected chi connectivity index (χ2v) is 7.21. The maximum absolute atomic E-state index is 14.1. The van der Waals surface area contributed by atoms with Gasteiger partial charge >= 0.3 is 0 Å². The predicted octanol–water partition coefficient (Wildman–Crippen LogP) is 4.01. The summed E-state index contributed by atoms with van der Waals surface area (Å²) in [6.45, 7) is 2.03. The number of benzene rings is 2. The second-order valence-electron chi connectivity index (χ2n) is 7.21. The molecule has 1 N–H and O–H groups in total. The third kappa shape index (κ3) is 2.77. The number of amides is 2. The van der Waals surface area contributed by atoms with Crippen molar-refractivity contribution in [2.24, 2.45) is 0 Å². The molecule has 0 bridgehead atoms. The summed E-state index contributed by atoms with van der Waals surface area (Å²) in [7, 11) is 0. The number of anilines is 2. The van der Waals surface area contributed by atoms with Gasteiger partial charge in [-0.15, -0.1) is 0 Å². The number of nitrogens with zero attached hydrogens (tertiary/aromatic N) is 1. The molecule has 1 atom stereocenters. The lowest BCUT2D eigenvalue weighted by Crippen LogP contribution is -2.30. The van der Waals surface area contributed by atoms with E-state index in [1.165, 1.54) is 6.07 Å². The van der Waals surface area contributed by atoms with Crippen LogP contribution in [0.3, 0.4) is 0 Å². The van der Waals surface area contributed by atoms with Crippen LogP contribution >= 0.6 is 0 Å². The summed E-state index contributed by atoms with van der Waals surface area (Å²) in [6.07, 6.45) is 2.74. The molecule has 1 aliphatic heterocycles. The Balaban J connectivity index is 1.50. The average molecular weight is 352 g/mol. The van der Waals surface area contributed by atoms with Crippen LogP contribution in [-0.4, -0.2) is 17.9 Å². The second kappa shape index (κ2) is 6.24. The molecule has 5 heteroatoms. The number of nitrogens with one attached hydrogen (secondary N) is 1. The Labute approximate surface area is 152 Å². The van der Waals surface area contributed by atoms with E-state index >= 15 is 0 Å². The third-order valence-corrected chi connectivity index (χ3v) is 5.46. The fourth-order valence-electron chi connectivity index (χ4n) is 3.78. The number of carbonyl (C=O) groups excluding carboxylic acids is 2. The average Bonchev–Trinajstić information content (AvgIpc) is 3.37. The summed E-state index contributed by atoms with van der Waals surface area (Å²) in [5.41, 5.74) is 1.20. The Morgan fingerprint density at radius 3 is 2.42 bits per heavy atom. The Morgan fingerprint density at radius 2 is 1.85 bits per heavy atom. The zero-order chi connectivity index (χ0) is 18.3. The van der Waals surface area contributed by atoms with Crippen molar-refractivity contribution in [3.05, 3.63) is 59.9 Å². The molecule has 2 fully saturated rings. The van der Waals surface area contributed by atoms with E-state index in [1.807, 2.05) is 19.1 Å². The SMILES string of the molecule is CC1CCC(=O)N1c1ccc(NC(=O)C2(c3ccccc3F)CC2)cc1. The molecule has 2 aromatic rings. The molecular formula is C21H21FN2O2. The maximum atomic E-state index is 14.1. The Morgan fingerprint density at radius 1 is 1.15 bits per heavy atom. The van der Waals surface area contributed by atoms with Crippen molar-refractivity contribution in [1.82, 2.24) is 0 Å². The minimum Gasteiger partial charge on any atom is -0.325 e. The van der Waals surface area contributed by atoms with Crippen LogP contribution in [-0.2, 0) is 15.0 Å². The van der Waals surface area contributed by atoms with Crippen molar-refractivity contribution in [1.29, 1.82) is 0 Å². The van der Waals surface area contributed by atoms with Crippen molar-refractivity contribution >= 4 is 23.2 Å². The summed E-state index contributed by atoms with van der Waals surface area (Å²) >= 11 is 0. The van der Waals surface area contributed by atoms with Gasteiger partial charge in [-0.25, -0.2) is 4.39 Å². The molecule has 1 saturated heterocycles. The van der Waals surface area contributed by atoms with E-state index in [-0.39, 0.29) is 23.7 Å². The molecule has 1 aliphatic carbocycles. The molecule has 1 saturated carbocycles. The summed E-state index contributed by atoms with van der Waals surface area (Å²) in [6, 6.07) is 13.9. The summed E-state index contributed by atoms with van der Waals surface area (Å²) in [4.78, 5) is 26.5. The molecule has 0 spiro atoms. The molecule has 2 aliphatic rings. The van der Waals surface area contributed by atoms with Gasteiger partial charge in [0.15, 0.2) is 0 Å². The van der Waals surface area contributed by atoms with Crippen LogP contribution in [0.4, 0.5) is 15.8 Å². The quantitative estimate of drug-likeness (QED) is 0.904. The lowest BCUT2D eigenvalue weighted by Gasteiger charge is -2.22. The molecule has 4 nitrogen and oxygen atoms in total. The van der Waals surface area contributed by atoms with Gasteiger partial charge in [0.25, 0.3) is 0 Å². The molecule has 4 rings (SSSR count). The maximum Gasteiger partial charge on any atom is 0.235 e. The third-order valence-electron chi connectivity index (χ3n) is 5.46. The van der Waals surface area contributed by atoms with Gasteiger partial charge in [0.2, 0.25) is 11.8 Å². The normalized spacial score (nSPS) is 20.9. The van der Waals surface area contributed by atoms with Gasteiger partial charge < -0.3 is 10.2 Å². The first-order valence-corrected chi connectivity index (χ1v) is 9.00. The van der Waals surface area contributed by atoms with E-state index in [2.05, 4.69) is 5.32 Å². The monoisotopic (exact) mass is 352 g/mol. The fraction of sp³-hybridized carbons (Fsp3) is 0.333. The van der Waals surface area contributed by atoms with Crippen LogP contribution in [0, 0.1) is 5.82 Å². The zero-order valence-electron chi connectivity index (χ0n) is 14.7. The summed E-state index contributed by atoms with van der Waals surface area (Å²) in [5, 5.41) is 2.90. The molecule has 2 aromatic carbocycles. The topological polar surface area (TPSA) is 49.4 Å². The molecular weight excluding hydrogens is 331 g/mol. The Bertz CT molecular complexity index is 859. The Kier molecular flexibility index (Phi) is 4.02. The molecule has 2 amide bonds. The highest BCUT2D eigenvalue weighted by atomic mass is 19.1.